The molecule has 0 saturated carbocycles. The van der Waals surface area contributed by atoms with Gasteiger partial charge < -0.3 is 19.7 Å². The molecule has 2 aliphatic rings. The van der Waals surface area contributed by atoms with Gasteiger partial charge in [0.25, 0.3) is 0 Å². The van der Waals surface area contributed by atoms with Crippen molar-refractivity contribution in [2.45, 2.75) is 64.6 Å². The molecule has 0 radical (unpaired) electrons. The third-order valence-electron chi connectivity index (χ3n) is 5.08. The van der Waals surface area contributed by atoms with Crippen LogP contribution in [0.25, 0.3) is 0 Å². The van der Waals surface area contributed by atoms with Crippen LogP contribution in [-0.2, 0) is 9.47 Å². The number of unbranched alkanes of at least 4 members (excludes halogenated alkanes) is 1. The summed E-state index contributed by atoms with van der Waals surface area (Å²) in [7, 11) is 1.88. The van der Waals surface area contributed by atoms with E-state index in [1.54, 1.807) is 0 Å². The second-order valence-electron chi connectivity index (χ2n) is 6.75. The van der Waals surface area contributed by atoms with E-state index in [0.717, 1.165) is 57.6 Å². The molecular weight excluding hydrogens is 290 g/mol. The minimum absolute atomic E-state index is 0.187. The standard InChI is InChI=1S/C18H35N3O2/c1-4-6-8-15(5-2)13-20-18(19-3)21-10-12-23-17(14-21)16-9-7-11-22-16/h15-17H,4-14H2,1-3H3,(H,19,20). The number of morpholine rings is 1. The summed E-state index contributed by atoms with van der Waals surface area (Å²) in [6.07, 6.45) is 7.86. The lowest BCUT2D eigenvalue weighted by molar-refractivity contribution is -0.0817. The highest BCUT2D eigenvalue weighted by molar-refractivity contribution is 5.80. The minimum Gasteiger partial charge on any atom is -0.375 e. The first-order chi connectivity index (χ1) is 11.3. The molecule has 0 bridgehead atoms. The Morgan fingerprint density at radius 3 is 2.74 bits per heavy atom. The molecule has 3 atom stereocenters. The van der Waals surface area contributed by atoms with Gasteiger partial charge in [0.2, 0.25) is 0 Å². The zero-order chi connectivity index (χ0) is 16.5. The van der Waals surface area contributed by atoms with Crippen LogP contribution in [0, 0.1) is 5.92 Å². The molecule has 23 heavy (non-hydrogen) atoms. The maximum Gasteiger partial charge on any atom is 0.193 e. The van der Waals surface area contributed by atoms with Crippen LogP contribution in [0.3, 0.4) is 0 Å². The number of nitrogens with one attached hydrogen (secondary N) is 1. The average molecular weight is 325 g/mol. The number of aliphatic imine (C=N–C) groups is 1. The van der Waals surface area contributed by atoms with Gasteiger partial charge in [-0.05, 0) is 25.2 Å². The molecule has 2 aliphatic heterocycles. The van der Waals surface area contributed by atoms with Gasteiger partial charge in [-0.15, -0.1) is 0 Å². The molecule has 0 aromatic carbocycles. The predicted molar refractivity (Wildman–Crippen MR) is 95.0 cm³/mol. The highest BCUT2D eigenvalue weighted by atomic mass is 16.5. The number of hydrogen-bond acceptors (Lipinski definition) is 3. The van der Waals surface area contributed by atoms with Crippen molar-refractivity contribution >= 4 is 5.96 Å². The molecule has 3 unspecified atom stereocenters. The number of rotatable bonds is 7. The lowest BCUT2D eigenvalue weighted by Gasteiger charge is -2.37. The Kier molecular flexibility index (Phi) is 8.17. The average Bonchev–Trinajstić information content (AvgIpc) is 3.13. The Bertz CT molecular complexity index is 356. The topological polar surface area (TPSA) is 46.1 Å². The summed E-state index contributed by atoms with van der Waals surface area (Å²) in [6.45, 7) is 9.01. The molecule has 0 spiro atoms. The molecule has 2 saturated heterocycles. The van der Waals surface area contributed by atoms with E-state index in [1.807, 2.05) is 7.05 Å². The summed E-state index contributed by atoms with van der Waals surface area (Å²) >= 11 is 0. The summed E-state index contributed by atoms with van der Waals surface area (Å²) in [5.41, 5.74) is 0. The van der Waals surface area contributed by atoms with Crippen LogP contribution in [0.15, 0.2) is 4.99 Å². The molecule has 1 N–H and O–H groups in total. The van der Waals surface area contributed by atoms with Crippen LogP contribution in [-0.4, -0.2) is 63.0 Å². The van der Waals surface area contributed by atoms with Crippen molar-refractivity contribution in [3.63, 3.8) is 0 Å². The monoisotopic (exact) mass is 325 g/mol. The minimum atomic E-state index is 0.187. The van der Waals surface area contributed by atoms with Crippen molar-refractivity contribution in [2.75, 3.05) is 39.9 Å². The van der Waals surface area contributed by atoms with E-state index in [1.165, 1.54) is 25.7 Å². The highest BCUT2D eigenvalue weighted by Crippen LogP contribution is 2.21. The van der Waals surface area contributed by atoms with Gasteiger partial charge >= 0.3 is 0 Å². The van der Waals surface area contributed by atoms with Crippen molar-refractivity contribution in [2.24, 2.45) is 10.9 Å². The Labute approximate surface area is 141 Å². The lowest BCUT2D eigenvalue weighted by Crippen LogP contribution is -2.53. The van der Waals surface area contributed by atoms with E-state index in [-0.39, 0.29) is 12.2 Å². The molecule has 5 nitrogen and oxygen atoms in total. The Morgan fingerprint density at radius 2 is 2.09 bits per heavy atom. The van der Waals surface area contributed by atoms with E-state index in [4.69, 9.17) is 9.47 Å². The lowest BCUT2D eigenvalue weighted by atomic mass is 9.99. The van der Waals surface area contributed by atoms with E-state index >= 15 is 0 Å². The van der Waals surface area contributed by atoms with Crippen LogP contribution in [0.1, 0.15) is 52.4 Å². The van der Waals surface area contributed by atoms with Gasteiger partial charge in [0.1, 0.15) is 6.10 Å². The van der Waals surface area contributed by atoms with Crippen LogP contribution >= 0.6 is 0 Å². The smallest absolute Gasteiger partial charge is 0.193 e. The van der Waals surface area contributed by atoms with Gasteiger partial charge in [0.15, 0.2) is 5.96 Å². The zero-order valence-electron chi connectivity index (χ0n) is 15.2. The number of nitrogens with zero attached hydrogens (tertiary/aromatic N) is 2. The van der Waals surface area contributed by atoms with Crippen molar-refractivity contribution < 1.29 is 9.47 Å². The molecular formula is C18H35N3O2. The van der Waals surface area contributed by atoms with Gasteiger partial charge in [-0.3, -0.25) is 4.99 Å². The molecule has 2 rings (SSSR count). The Hall–Kier alpha value is -0.810. The molecule has 5 heteroatoms. The zero-order valence-corrected chi connectivity index (χ0v) is 15.2. The van der Waals surface area contributed by atoms with E-state index < -0.39 is 0 Å². The number of guanidine groups is 1. The fourth-order valence-electron chi connectivity index (χ4n) is 3.50. The SMILES string of the molecule is CCCCC(CC)CNC(=NC)N1CCOC(C2CCCO2)C1. The van der Waals surface area contributed by atoms with Crippen molar-refractivity contribution in [1.82, 2.24) is 10.2 Å². The maximum absolute atomic E-state index is 5.94. The van der Waals surface area contributed by atoms with Crippen LogP contribution < -0.4 is 5.32 Å². The first kappa shape index (κ1) is 18.5. The van der Waals surface area contributed by atoms with E-state index in [2.05, 4.69) is 29.1 Å². The third-order valence-corrected chi connectivity index (χ3v) is 5.08. The molecule has 0 aromatic rings. The molecule has 0 aromatic heterocycles. The molecule has 0 aliphatic carbocycles. The van der Waals surface area contributed by atoms with Crippen molar-refractivity contribution in [1.29, 1.82) is 0 Å². The van der Waals surface area contributed by atoms with Crippen LogP contribution in [0.5, 0.6) is 0 Å². The fourth-order valence-corrected chi connectivity index (χ4v) is 3.50. The normalized spacial score (nSPS) is 27.3. The first-order valence-electron chi connectivity index (χ1n) is 9.47. The molecule has 2 heterocycles. The van der Waals surface area contributed by atoms with Gasteiger partial charge in [0, 0.05) is 33.3 Å². The Balaban J connectivity index is 1.82. The third kappa shape index (κ3) is 5.64. The van der Waals surface area contributed by atoms with Gasteiger partial charge in [-0.25, -0.2) is 0 Å². The van der Waals surface area contributed by atoms with Gasteiger partial charge in [-0.1, -0.05) is 33.1 Å². The molecule has 0 amide bonds. The summed E-state index contributed by atoms with van der Waals surface area (Å²) in [4.78, 5) is 6.83. The number of ether oxygens (including phenoxy) is 2. The van der Waals surface area contributed by atoms with Gasteiger partial charge in [0.05, 0.1) is 12.7 Å². The van der Waals surface area contributed by atoms with Crippen molar-refractivity contribution in [3.05, 3.63) is 0 Å². The van der Waals surface area contributed by atoms with Gasteiger partial charge in [-0.2, -0.15) is 0 Å². The quantitative estimate of drug-likeness (QED) is 0.577. The summed E-state index contributed by atoms with van der Waals surface area (Å²) in [5, 5.41) is 3.59. The Morgan fingerprint density at radius 1 is 1.26 bits per heavy atom. The van der Waals surface area contributed by atoms with Crippen molar-refractivity contribution in [3.8, 4) is 0 Å². The summed E-state index contributed by atoms with van der Waals surface area (Å²) in [6, 6.07) is 0. The fraction of sp³-hybridized carbons (Fsp3) is 0.944. The molecule has 2 fully saturated rings. The molecule has 134 valence electrons. The van der Waals surface area contributed by atoms with E-state index in [9.17, 15) is 0 Å². The first-order valence-corrected chi connectivity index (χ1v) is 9.47. The predicted octanol–water partition coefficient (Wildman–Crippen LogP) is 2.66. The largest absolute Gasteiger partial charge is 0.375 e. The number of hydrogen-bond donors (Lipinski definition) is 1. The second-order valence-corrected chi connectivity index (χ2v) is 6.75. The van der Waals surface area contributed by atoms with Crippen LogP contribution in [0.2, 0.25) is 0 Å². The highest BCUT2D eigenvalue weighted by Gasteiger charge is 2.32. The van der Waals surface area contributed by atoms with E-state index in [0.29, 0.717) is 0 Å². The van der Waals surface area contributed by atoms with Crippen LogP contribution in [0.4, 0.5) is 0 Å². The summed E-state index contributed by atoms with van der Waals surface area (Å²) in [5.74, 6) is 1.76. The second kappa shape index (κ2) is 10.1. The summed E-state index contributed by atoms with van der Waals surface area (Å²) < 4.78 is 11.7. The maximum atomic E-state index is 5.94.